The van der Waals surface area contributed by atoms with Crippen molar-refractivity contribution < 1.29 is 64.3 Å². The van der Waals surface area contributed by atoms with Crippen LogP contribution in [0.4, 0.5) is 0 Å². The van der Waals surface area contributed by atoms with Gasteiger partial charge in [0.05, 0.1) is 31.7 Å². The maximum atomic E-state index is 10.4. The molecule has 0 radical (unpaired) electrons. The average molecular weight is 435 g/mol. The van der Waals surface area contributed by atoms with Crippen molar-refractivity contribution in [1.82, 2.24) is 9.80 Å². The van der Waals surface area contributed by atoms with Crippen molar-refractivity contribution in [2.75, 3.05) is 51.8 Å². The Hall–Kier alpha value is 0.0735. The van der Waals surface area contributed by atoms with Crippen LogP contribution in [0.1, 0.15) is 0 Å². The first kappa shape index (κ1) is 38.6. The van der Waals surface area contributed by atoms with E-state index >= 15 is 0 Å². The van der Waals surface area contributed by atoms with E-state index in [9.17, 15) is 25.9 Å². The minimum absolute atomic E-state index is 0. The van der Waals surface area contributed by atoms with Crippen LogP contribution >= 0.6 is 0 Å². The molecule has 0 aromatic heterocycles. The molecule has 0 bridgehead atoms. The number of hydrogen-bond donors (Lipinski definition) is 0. The zero-order valence-electron chi connectivity index (χ0n) is 12.9. The summed E-state index contributed by atoms with van der Waals surface area (Å²) >= 11 is 0. The number of nitrogens with zero attached hydrogens (tertiary/aromatic N) is 2. The van der Waals surface area contributed by atoms with Gasteiger partial charge in [-0.15, -0.1) is 0 Å². The van der Waals surface area contributed by atoms with Crippen LogP contribution in [0.5, 0.6) is 0 Å². The van der Waals surface area contributed by atoms with Crippen LogP contribution < -0.4 is 0 Å². The molecule has 0 aliphatic rings. The first-order valence-electron chi connectivity index (χ1n) is 5.24. The van der Waals surface area contributed by atoms with Crippen LogP contribution in [0, 0.1) is 0 Å². The van der Waals surface area contributed by atoms with Crippen LogP contribution in [0.15, 0.2) is 0 Å². The molecule has 15 heteroatoms. The molecule has 0 amide bonds. The van der Waals surface area contributed by atoms with Gasteiger partial charge in [-0.2, -0.15) is 0 Å². The Bertz CT molecular complexity index is 402. The Morgan fingerprint density at radius 3 is 1.09 bits per heavy atom. The van der Waals surface area contributed by atoms with Crippen molar-refractivity contribution in [3.8, 4) is 0 Å². The van der Waals surface area contributed by atoms with Gasteiger partial charge in [-0.1, -0.05) is 0 Å². The standard InChI is InChI=1S/C8H20N2O6S2.Ni.4H2O/c1-9(5-7-17(11,12)13)3-4-10(2)6-8-18(14,15)16;;;;;/h3-8H2,1-2H3,(H,11,12,13)(H,14,15,16);;4*1H2/q;+2;;;;. The van der Waals surface area contributed by atoms with Crippen LogP contribution in [0.2, 0.25) is 0 Å². The van der Waals surface area contributed by atoms with E-state index < -0.39 is 31.7 Å². The largest absolute Gasteiger partial charge is 2.00 e. The van der Waals surface area contributed by atoms with Crippen LogP contribution in [-0.2, 0) is 47.7 Å². The molecule has 0 atom stereocenters. The molecule has 0 saturated heterocycles. The molecule has 0 aromatic carbocycles. The summed E-state index contributed by atoms with van der Waals surface area (Å²) in [6.45, 7) is 1.20. The molecule has 0 unspecified atom stereocenters. The predicted octanol–water partition coefficient (Wildman–Crippen LogP) is -5.56. The summed E-state index contributed by atoms with van der Waals surface area (Å²) in [5, 5.41) is 0. The van der Waals surface area contributed by atoms with Gasteiger partial charge < -0.3 is 40.8 Å². The van der Waals surface area contributed by atoms with E-state index in [0.29, 0.717) is 13.1 Å². The van der Waals surface area contributed by atoms with Gasteiger partial charge in [0.25, 0.3) is 0 Å². The Morgan fingerprint density at radius 1 is 0.696 bits per heavy atom. The smallest absolute Gasteiger partial charge is 0.748 e. The maximum Gasteiger partial charge on any atom is 2.00 e. The van der Waals surface area contributed by atoms with Crippen LogP contribution in [-0.4, -0.2) is 98.5 Å². The molecular formula is C8H28N2NiO10S2+2. The summed E-state index contributed by atoms with van der Waals surface area (Å²) in [5.41, 5.74) is 0. The van der Waals surface area contributed by atoms with Gasteiger partial charge in [0.2, 0.25) is 0 Å². The van der Waals surface area contributed by atoms with Crippen molar-refractivity contribution in [3.05, 3.63) is 0 Å². The van der Waals surface area contributed by atoms with Gasteiger partial charge in [-0.05, 0) is 14.1 Å². The third-order valence-electron chi connectivity index (χ3n) is 2.31. The number of likely N-dealkylation sites (N-methyl/N-ethyl adjacent to an activating group) is 2. The van der Waals surface area contributed by atoms with Crippen molar-refractivity contribution in [2.45, 2.75) is 0 Å². The number of hydrogen-bond acceptors (Lipinski definition) is 8. The molecule has 10 N–H and O–H groups in total. The molecule has 23 heavy (non-hydrogen) atoms. The fourth-order valence-electron chi connectivity index (χ4n) is 1.10. The molecule has 0 saturated carbocycles. The predicted molar refractivity (Wildman–Crippen MR) is 81.1 cm³/mol. The molecular weight excluding hydrogens is 407 g/mol. The molecule has 150 valence electrons. The van der Waals surface area contributed by atoms with Gasteiger partial charge in [0.1, 0.15) is 0 Å². The molecule has 12 nitrogen and oxygen atoms in total. The molecule has 0 aliphatic heterocycles. The Labute approximate surface area is 146 Å². The summed E-state index contributed by atoms with van der Waals surface area (Å²) < 4.78 is 62.4. The molecule has 0 rings (SSSR count). The van der Waals surface area contributed by atoms with Gasteiger partial charge in [-0.3, -0.25) is 0 Å². The van der Waals surface area contributed by atoms with E-state index in [1.165, 1.54) is 0 Å². The van der Waals surface area contributed by atoms with Crippen molar-refractivity contribution >= 4 is 20.2 Å². The number of rotatable bonds is 9. The van der Waals surface area contributed by atoms with Crippen molar-refractivity contribution in [3.63, 3.8) is 0 Å². The summed E-state index contributed by atoms with van der Waals surface area (Å²) in [5.74, 6) is -0.912. The van der Waals surface area contributed by atoms with E-state index in [1.807, 2.05) is 0 Å². The molecule has 0 fully saturated rings. The normalized spacial score (nSPS) is 10.5. The summed E-state index contributed by atoms with van der Waals surface area (Å²) in [7, 11) is -5.11. The fourth-order valence-corrected chi connectivity index (χ4v) is 2.17. The molecule has 0 heterocycles. The van der Waals surface area contributed by atoms with Crippen LogP contribution in [0.25, 0.3) is 0 Å². The second-order valence-corrected chi connectivity index (χ2v) is 7.18. The summed E-state index contributed by atoms with van der Waals surface area (Å²) in [4.78, 5) is 3.30. The monoisotopic (exact) mass is 434 g/mol. The molecule has 0 spiro atoms. The van der Waals surface area contributed by atoms with Crippen LogP contribution in [0.3, 0.4) is 0 Å². The van der Waals surface area contributed by atoms with E-state index in [0.717, 1.165) is 0 Å². The summed E-state index contributed by atoms with van der Waals surface area (Å²) in [6.07, 6.45) is 0. The topological polar surface area (TPSA) is 250 Å². The SMILES string of the molecule is CN(CCN(C)CCS(=O)(=O)[O-])CCS(=O)(=O)[O-].O.O.[Ni+2].[OH3+].[OH3+]. The summed E-state index contributed by atoms with van der Waals surface area (Å²) in [6, 6.07) is 0. The third kappa shape index (κ3) is 30.5. The second-order valence-electron chi connectivity index (χ2n) is 4.13. The first-order valence-corrected chi connectivity index (χ1v) is 8.39. The first-order chi connectivity index (χ1) is 7.99. The molecule has 0 aromatic rings. The minimum Gasteiger partial charge on any atom is -0.748 e. The quantitative estimate of drug-likeness (QED) is 0.191. The van der Waals surface area contributed by atoms with Gasteiger partial charge in [-0.25, -0.2) is 16.8 Å². The maximum absolute atomic E-state index is 10.4. The minimum atomic E-state index is -4.21. The second kappa shape index (κ2) is 16.9. The third-order valence-corrected chi connectivity index (χ3v) is 3.67. The Kier molecular flexibility index (Phi) is 28.4. The molecule has 0 aliphatic carbocycles. The zero-order chi connectivity index (χ0) is 14.4. The Balaban J connectivity index is -0.000000144. The van der Waals surface area contributed by atoms with Gasteiger partial charge in [0.15, 0.2) is 0 Å². The Morgan fingerprint density at radius 2 is 0.913 bits per heavy atom. The fraction of sp³-hybridized carbons (Fsp3) is 1.00. The van der Waals surface area contributed by atoms with E-state index in [1.54, 1.807) is 23.9 Å². The van der Waals surface area contributed by atoms with Crippen molar-refractivity contribution in [1.29, 1.82) is 0 Å². The van der Waals surface area contributed by atoms with E-state index in [-0.39, 0.29) is 51.5 Å². The van der Waals surface area contributed by atoms with Gasteiger partial charge >= 0.3 is 16.5 Å². The van der Waals surface area contributed by atoms with E-state index in [2.05, 4.69) is 0 Å². The average Bonchev–Trinajstić information content (AvgIpc) is 2.18. The van der Waals surface area contributed by atoms with Crippen molar-refractivity contribution in [2.24, 2.45) is 0 Å². The van der Waals surface area contributed by atoms with Gasteiger partial charge in [0, 0.05) is 26.2 Å². The zero-order valence-corrected chi connectivity index (χ0v) is 15.5. The van der Waals surface area contributed by atoms with E-state index in [4.69, 9.17) is 0 Å².